The zero-order valence-corrected chi connectivity index (χ0v) is 16.0. The Hall–Kier alpha value is -2.61. The van der Waals surface area contributed by atoms with Gasteiger partial charge < -0.3 is 10.2 Å². The Kier molecular flexibility index (Phi) is 7.04. The number of pyridine rings is 1. The Morgan fingerprint density at radius 3 is 2.37 bits per heavy atom. The van der Waals surface area contributed by atoms with Crippen LogP contribution in [0, 0.1) is 12.8 Å². The molecule has 5 heteroatoms. The van der Waals surface area contributed by atoms with E-state index in [1.807, 2.05) is 30.6 Å². The second-order valence-electron chi connectivity index (χ2n) is 7.17. The van der Waals surface area contributed by atoms with E-state index in [0.717, 1.165) is 36.1 Å². The molecular weight excluding hydrogens is 334 g/mol. The number of hydrogen-bond acceptors (Lipinski definition) is 5. The highest BCUT2D eigenvalue weighted by atomic mass is 15.3. The topological polar surface area (TPSA) is 53.9 Å². The lowest BCUT2D eigenvalue weighted by molar-refractivity contribution is 0.462. The van der Waals surface area contributed by atoms with Crippen LogP contribution < -0.4 is 10.2 Å². The Morgan fingerprint density at radius 2 is 1.67 bits per heavy atom. The third-order valence-corrected chi connectivity index (χ3v) is 5.30. The molecule has 2 fully saturated rings. The highest BCUT2D eigenvalue weighted by Crippen LogP contribution is 2.29. The van der Waals surface area contributed by atoms with Crippen molar-refractivity contribution in [2.24, 2.45) is 0 Å². The van der Waals surface area contributed by atoms with E-state index in [9.17, 15) is 0 Å². The number of rotatable bonds is 4. The molecule has 1 N–H and O–H groups in total. The maximum Gasteiger partial charge on any atom is 0.227 e. The predicted molar refractivity (Wildman–Crippen MR) is 112 cm³/mol. The lowest BCUT2D eigenvalue weighted by Crippen LogP contribution is -2.31. The molecule has 0 atom stereocenters. The molecule has 1 aliphatic carbocycles. The molecule has 1 aliphatic heterocycles. The van der Waals surface area contributed by atoms with Gasteiger partial charge in [-0.2, -0.15) is 4.98 Å². The molecule has 0 unspecified atom stereocenters. The summed E-state index contributed by atoms with van der Waals surface area (Å²) < 4.78 is 0. The van der Waals surface area contributed by atoms with Crippen LogP contribution in [0.2, 0.25) is 0 Å². The molecule has 1 saturated carbocycles. The molecule has 27 heavy (non-hydrogen) atoms. The number of hydrogen-bond donors (Lipinski definition) is 1. The number of nitrogens with one attached hydrogen (secondary N) is 1. The third-order valence-electron chi connectivity index (χ3n) is 5.30. The summed E-state index contributed by atoms with van der Waals surface area (Å²) in [6.45, 7) is 2.12. The van der Waals surface area contributed by atoms with Gasteiger partial charge in [0.15, 0.2) is 0 Å². The van der Waals surface area contributed by atoms with Gasteiger partial charge >= 0.3 is 0 Å². The maximum atomic E-state index is 4.93. The lowest BCUT2D eigenvalue weighted by atomic mass is 9.95. The van der Waals surface area contributed by atoms with Crippen molar-refractivity contribution < 1.29 is 0 Å². The summed E-state index contributed by atoms with van der Waals surface area (Å²) in [6, 6.07) is 6.51. The molecule has 2 aliphatic rings. The quantitative estimate of drug-likeness (QED) is 0.809. The van der Waals surface area contributed by atoms with Crippen LogP contribution in [-0.2, 0) is 0 Å². The van der Waals surface area contributed by atoms with Crippen molar-refractivity contribution in [2.45, 2.75) is 57.4 Å². The van der Waals surface area contributed by atoms with Crippen molar-refractivity contribution >= 4 is 11.8 Å². The van der Waals surface area contributed by atoms with E-state index >= 15 is 0 Å². The molecule has 3 heterocycles. The van der Waals surface area contributed by atoms with Gasteiger partial charge in [0.25, 0.3) is 0 Å². The van der Waals surface area contributed by atoms with Gasteiger partial charge in [-0.1, -0.05) is 25.3 Å². The minimum absolute atomic E-state index is 0.514. The summed E-state index contributed by atoms with van der Waals surface area (Å²) in [7, 11) is 0. The molecule has 5 nitrogen and oxygen atoms in total. The van der Waals surface area contributed by atoms with Crippen LogP contribution in [0.3, 0.4) is 0 Å². The zero-order chi connectivity index (χ0) is 18.9. The van der Waals surface area contributed by atoms with Crippen molar-refractivity contribution in [3.63, 3.8) is 0 Å². The van der Waals surface area contributed by atoms with E-state index in [4.69, 9.17) is 4.98 Å². The van der Waals surface area contributed by atoms with E-state index in [-0.39, 0.29) is 0 Å². The summed E-state index contributed by atoms with van der Waals surface area (Å²) in [5.41, 5.74) is 1.94. The largest absolute Gasteiger partial charge is 0.367 e. The highest BCUT2D eigenvalue weighted by Gasteiger charge is 2.20. The van der Waals surface area contributed by atoms with Crippen molar-refractivity contribution in [3.8, 4) is 24.1 Å². The van der Waals surface area contributed by atoms with Gasteiger partial charge in [-0.15, -0.1) is 12.8 Å². The minimum atomic E-state index is 0.514. The van der Waals surface area contributed by atoms with Crippen LogP contribution in [0.15, 0.2) is 30.6 Å². The van der Waals surface area contributed by atoms with Crippen LogP contribution in [0.4, 0.5) is 11.8 Å². The minimum Gasteiger partial charge on any atom is -0.367 e. The fraction of sp³-hybridized carbons (Fsp3) is 0.500. The molecule has 0 radical (unpaired) electrons. The van der Waals surface area contributed by atoms with Gasteiger partial charge in [0.05, 0.1) is 11.3 Å². The van der Waals surface area contributed by atoms with Gasteiger partial charge in [-0.05, 0) is 44.2 Å². The zero-order valence-electron chi connectivity index (χ0n) is 16.0. The second-order valence-corrected chi connectivity index (χ2v) is 7.17. The van der Waals surface area contributed by atoms with Crippen LogP contribution in [0.1, 0.15) is 51.4 Å². The number of piperidine rings is 1. The summed E-state index contributed by atoms with van der Waals surface area (Å²) in [6.07, 6.45) is 22.0. The normalized spacial score (nSPS) is 17.6. The Labute approximate surface area is 162 Å². The van der Waals surface area contributed by atoms with Crippen molar-refractivity contribution in [1.29, 1.82) is 0 Å². The van der Waals surface area contributed by atoms with Crippen LogP contribution in [0.25, 0.3) is 11.3 Å². The van der Waals surface area contributed by atoms with E-state index in [2.05, 4.69) is 33.0 Å². The Balaban J connectivity index is 0.00000102. The van der Waals surface area contributed by atoms with E-state index in [1.165, 1.54) is 51.4 Å². The highest BCUT2D eigenvalue weighted by molar-refractivity contribution is 5.72. The maximum absolute atomic E-state index is 4.93. The van der Waals surface area contributed by atoms with E-state index in [0.29, 0.717) is 6.04 Å². The standard InChI is InChI=1S/C20H27N5.C2H2/c1-3-9-16(10-4-1)23-19-17(18-11-5-6-12-21-18)15-22-20(24-19)25-13-7-2-8-14-25;1-2/h5-6,11-12,15-16H,1-4,7-10,13-14H2,(H,22,23,24);1-2H. The number of terminal acetylenes is 1. The van der Waals surface area contributed by atoms with Gasteiger partial charge in [0.1, 0.15) is 5.82 Å². The molecule has 142 valence electrons. The predicted octanol–water partition coefficient (Wildman–Crippen LogP) is 4.52. The molecule has 2 aromatic rings. The average Bonchev–Trinajstić information content (AvgIpc) is 2.77. The first-order valence-electron chi connectivity index (χ1n) is 10.0. The smallest absolute Gasteiger partial charge is 0.227 e. The number of aromatic nitrogens is 3. The summed E-state index contributed by atoms with van der Waals surface area (Å²) in [5, 5.41) is 3.71. The molecular formula is C22H29N5. The van der Waals surface area contributed by atoms with Crippen molar-refractivity contribution in [3.05, 3.63) is 30.6 Å². The lowest BCUT2D eigenvalue weighted by Gasteiger charge is -2.28. The van der Waals surface area contributed by atoms with Gasteiger partial charge in [0, 0.05) is 31.5 Å². The fourth-order valence-electron chi connectivity index (χ4n) is 3.88. The average molecular weight is 364 g/mol. The Morgan fingerprint density at radius 1 is 0.926 bits per heavy atom. The van der Waals surface area contributed by atoms with Crippen molar-refractivity contribution in [1.82, 2.24) is 15.0 Å². The number of nitrogens with zero attached hydrogens (tertiary/aromatic N) is 4. The monoisotopic (exact) mass is 363 g/mol. The third kappa shape index (κ3) is 4.97. The van der Waals surface area contributed by atoms with Gasteiger partial charge in [-0.3, -0.25) is 4.98 Å². The van der Waals surface area contributed by atoms with Gasteiger partial charge in [-0.25, -0.2) is 4.98 Å². The SMILES string of the molecule is C#C.c1ccc(-c2cnc(N3CCCCC3)nc2NC2CCCCC2)nc1. The molecule has 0 bridgehead atoms. The van der Waals surface area contributed by atoms with Crippen LogP contribution in [0.5, 0.6) is 0 Å². The Bertz CT molecular complexity index is 716. The summed E-state index contributed by atoms with van der Waals surface area (Å²) >= 11 is 0. The molecule has 0 spiro atoms. The summed E-state index contributed by atoms with van der Waals surface area (Å²) in [4.78, 5) is 16.4. The molecule has 0 amide bonds. The molecule has 1 saturated heterocycles. The first kappa shape index (κ1) is 19.2. The molecule has 0 aromatic carbocycles. The first-order chi connectivity index (χ1) is 13.4. The molecule has 2 aromatic heterocycles. The van der Waals surface area contributed by atoms with E-state index in [1.54, 1.807) is 0 Å². The van der Waals surface area contributed by atoms with Crippen molar-refractivity contribution in [2.75, 3.05) is 23.3 Å². The van der Waals surface area contributed by atoms with E-state index < -0.39 is 0 Å². The van der Waals surface area contributed by atoms with Gasteiger partial charge in [0.2, 0.25) is 5.95 Å². The van der Waals surface area contributed by atoms with Crippen LogP contribution >= 0.6 is 0 Å². The summed E-state index contributed by atoms with van der Waals surface area (Å²) in [5.74, 6) is 1.80. The second kappa shape index (κ2) is 9.91. The first-order valence-corrected chi connectivity index (χ1v) is 10.0. The fourth-order valence-corrected chi connectivity index (χ4v) is 3.88. The molecule has 4 rings (SSSR count). The number of anilines is 2. The van der Waals surface area contributed by atoms with Crippen LogP contribution in [-0.4, -0.2) is 34.1 Å².